The summed E-state index contributed by atoms with van der Waals surface area (Å²) in [5, 5.41) is 4.42. The van der Waals surface area contributed by atoms with Gasteiger partial charge in [-0.15, -0.1) is 0 Å². The van der Waals surface area contributed by atoms with E-state index >= 15 is 0 Å². The third kappa shape index (κ3) is 6.05. The van der Waals surface area contributed by atoms with Crippen LogP contribution >= 0.6 is 11.6 Å². The molecule has 10 heteroatoms. The zero-order valence-electron chi connectivity index (χ0n) is 23.0. The summed E-state index contributed by atoms with van der Waals surface area (Å²) in [4.78, 5) is 13.1. The number of rotatable bonds is 9. The molecule has 0 radical (unpaired) electrons. The van der Waals surface area contributed by atoms with E-state index in [0.29, 0.717) is 5.02 Å². The average Bonchev–Trinajstić information content (AvgIpc) is 3.20. The minimum atomic E-state index is -4.16. The standard InChI is InChI=1S/C30H31ClN4O4S/c1-20-10-13-26(14-11-20)40(37,38)34(28-17-25(31)12-15-29(28)39-5)19-30(36)33-32-18-24-16-22(3)35(23(24)4)27-9-7-6-8-21(27)2/h6-18H,19H2,1-5H3,(H,33,36)/b32-18-. The summed E-state index contributed by atoms with van der Waals surface area (Å²) in [6.45, 7) is 7.34. The first kappa shape index (κ1) is 28.9. The lowest BCUT2D eigenvalue weighted by molar-refractivity contribution is -0.119. The van der Waals surface area contributed by atoms with Crippen LogP contribution < -0.4 is 14.5 Å². The van der Waals surface area contributed by atoms with Crippen LogP contribution in [0.4, 0.5) is 5.69 Å². The van der Waals surface area contributed by atoms with Gasteiger partial charge in [-0.2, -0.15) is 5.10 Å². The monoisotopic (exact) mass is 578 g/mol. The number of aryl methyl sites for hydroxylation is 3. The van der Waals surface area contributed by atoms with Crippen molar-refractivity contribution in [1.29, 1.82) is 0 Å². The Morgan fingerprint density at radius 3 is 2.40 bits per heavy atom. The van der Waals surface area contributed by atoms with Crippen molar-refractivity contribution >= 4 is 39.4 Å². The highest BCUT2D eigenvalue weighted by molar-refractivity contribution is 7.92. The number of sulfonamides is 1. The van der Waals surface area contributed by atoms with Crippen LogP contribution in [0.1, 0.15) is 28.1 Å². The summed E-state index contributed by atoms with van der Waals surface area (Å²) in [5.74, 6) is -0.387. The topological polar surface area (TPSA) is 93.0 Å². The van der Waals surface area contributed by atoms with Gasteiger partial charge < -0.3 is 9.30 Å². The van der Waals surface area contributed by atoms with E-state index in [1.807, 2.05) is 58.0 Å². The van der Waals surface area contributed by atoms with Crippen molar-refractivity contribution in [2.75, 3.05) is 18.0 Å². The van der Waals surface area contributed by atoms with Crippen LogP contribution in [0.3, 0.4) is 0 Å². The smallest absolute Gasteiger partial charge is 0.264 e. The van der Waals surface area contributed by atoms with Gasteiger partial charge >= 0.3 is 0 Å². The van der Waals surface area contributed by atoms with Crippen LogP contribution in [0.2, 0.25) is 5.02 Å². The van der Waals surface area contributed by atoms with E-state index in [-0.39, 0.29) is 16.3 Å². The van der Waals surface area contributed by atoms with Gasteiger partial charge in [0.05, 0.1) is 23.9 Å². The molecule has 8 nitrogen and oxygen atoms in total. The van der Waals surface area contributed by atoms with Gasteiger partial charge in [0.1, 0.15) is 12.3 Å². The van der Waals surface area contributed by atoms with Crippen molar-refractivity contribution in [2.24, 2.45) is 5.10 Å². The molecule has 3 aromatic carbocycles. The second-order valence-electron chi connectivity index (χ2n) is 9.38. The number of nitrogens with one attached hydrogen (secondary N) is 1. The maximum Gasteiger partial charge on any atom is 0.264 e. The number of carbonyl (C=O) groups is 1. The molecule has 0 aliphatic rings. The van der Waals surface area contributed by atoms with Crippen molar-refractivity contribution in [2.45, 2.75) is 32.6 Å². The molecule has 0 aliphatic heterocycles. The van der Waals surface area contributed by atoms with E-state index in [4.69, 9.17) is 16.3 Å². The second-order valence-corrected chi connectivity index (χ2v) is 11.7. The number of hydrogen-bond donors (Lipinski definition) is 1. The molecule has 0 atom stereocenters. The SMILES string of the molecule is COc1ccc(Cl)cc1N(CC(=O)N/N=C\c1cc(C)n(-c2ccccc2C)c1C)S(=O)(=O)c1ccc(C)cc1. The number of aromatic nitrogens is 1. The fourth-order valence-corrected chi connectivity index (χ4v) is 6.03. The summed E-state index contributed by atoms with van der Waals surface area (Å²) in [6, 6.07) is 21.0. The lowest BCUT2D eigenvalue weighted by Crippen LogP contribution is -2.39. The summed E-state index contributed by atoms with van der Waals surface area (Å²) in [6.07, 6.45) is 1.55. The van der Waals surface area contributed by atoms with Crippen LogP contribution in [0.15, 0.2) is 82.8 Å². The van der Waals surface area contributed by atoms with Crippen molar-refractivity contribution in [3.8, 4) is 11.4 Å². The first-order valence-corrected chi connectivity index (χ1v) is 14.3. The number of para-hydroxylation sites is 1. The molecule has 0 aliphatic carbocycles. The number of nitrogens with zero attached hydrogens (tertiary/aromatic N) is 3. The maximum atomic E-state index is 13.7. The third-order valence-electron chi connectivity index (χ3n) is 6.53. The first-order valence-electron chi connectivity index (χ1n) is 12.5. The third-order valence-corrected chi connectivity index (χ3v) is 8.53. The molecule has 1 heterocycles. The quantitative estimate of drug-likeness (QED) is 0.203. The molecule has 208 valence electrons. The van der Waals surface area contributed by atoms with Gasteiger partial charge in [0, 0.05) is 27.7 Å². The molecule has 40 heavy (non-hydrogen) atoms. The predicted octanol–water partition coefficient (Wildman–Crippen LogP) is 5.72. The number of ether oxygens (including phenoxy) is 1. The van der Waals surface area contributed by atoms with E-state index in [1.54, 1.807) is 30.5 Å². The minimum absolute atomic E-state index is 0.0278. The number of carbonyl (C=O) groups excluding carboxylic acids is 1. The Kier molecular flexibility index (Phi) is 8.66. The highest BCUT2D eigenvalue weighted by atomic mass is 35.5. The minimum Gasteiger partial charge on any atom is -0.495 e. The molecule has 1 aromatic heterocycles. The van der Waals surface area contributed by atoms with Gasteiger partial charge in [0.15, 0.2) is 0 Å². The highest BCUT2D eigenvalue weighted by Gasteiger charge is 2.29. The van der Waals surface area contributed by atoms with Gasteiger partial charge in [0.25, 0.3) is 15.9 Å². The fourth-order valence-electron chi connectivity index (χ4n) is 4.44. The number of halogens is 1. The molecule has 0 fully saturated rings. The number of hydrogen-bond acceptors (Lipinski definition) is 5. The Morgan fingerprint density at radius 2 is 1.73 bits per heavy atom. The lowest BCUT2D eigenvalue weighted by Gasteiger charge is -2.25. The molecule has 0 bridgehead atoms. The second kappa shape index (κ2) is 12.0. The fraction of sp³-hybridized carbons (Fsp3) is 0.200. The van der Waals surface area contributed by atoms with E-state index < -0.39 is 22.5 Å². The van der Waals surface area contributed by atoms with Crippen LogP contribution in [0.5, 0.6) is 5.75 Å². The summed E-state index contributed by atoms with van der Waals surface area (Å²) in [7, 11) is -2.74. The van der Waals surface area contributed by atoms with Crippen molar-refractivity contribution in [3.63, 3.8) is 0 Å². The number of amides is 1. The summed E-state index contributed by atoms with van der Waals surface area (Å²) in [5.41, 5.74) is 8.49. The summed E-state index contributed by atoms with van der Waals surface area (Å²) < 4.78 is 35.9. The molecular weight excluding hydrogens is 548 g/mol. The van der Waals surface area contributed by atoms with Gasteiger partial charge in [-0.1, -0.05) is 47.5 Å². The van der Waals surface area contributed by atoms with Crippen LogP contribution in [0.25, 0.3) is 5.69 Å². The molecule has 4 rings (SSSR count). The molecule has 4 aromatic rings. The molecule has 1 N–H and O–H groups in total. The summed E-state index contributed by atoms with van der Waals surface area (Å²) >= 11 is 6.20. The van der Waals surface area contributed by atoms with Crippen LogP contribution in [-0.2, 0) is 14.8 Å². The largest absolute Gasteiger partial charge is 0.495 e. The van der Waals surface area contributed by atoms with Crippen LogP contribution in [0, 0.1) is 27.7 Å². The van der Waals surface area contributed by atoms with Crippen LogP contribution in [-0.4, -0.2) is 38.8 Å². The molecule has 1 amide bonds. The van der Waals surface area contributed by atoms with Gasteiger partial charge in [-0.05, 0) is 75.7 Å². The Morgan fingerprint density at radius 1 is 1.02 bits per heavy atom. The number of benzene rings is 3. The Bertz CT molecular complexity index is 1680. The zero-order valence-corrected chi connectivity index (χ0v) is 24.5. The molecule has 0 saturated carbocycles. The van der Waals surface area contributed by atoms with Crippen molar-refractivity contribution in [3.05, 3.63) is 106 Å². The Labute approximate surface area is 239 Å². The Hall–Kier alpha value is -4.08. The Balaban J connectivity index is 1.61. The van der Waals surface area contributed by atoms with Crippen molar-refractivity contribution < 1.29 is 17.9 Å². The van der Waals surface area contributed by atoms with Gasteiger partial charge in [-0.3, -0.25) is 9.10 Å². The predicted molar refractivity (Wildman–Crippen MR) is 159 cm³/mol. The van der Waals surface area contributed by atoms with E-state index in [2.05, 4.69) is 15.1 Å². The molecule has 0 saturated heterocycles. The first-order chi connectivity index (χ1) is 19.0. The van der Waals surface area contributed by atoms with Gasteiger partial charge in [0.2, 0.25) is 0 Å². The average molecular weight is 579 g/mol. The van der Waals surface area contributed by atoms with E-state index in [1.165, 1.54) is 25.3 Å². The number of hydrazone groups is 1. The molecular formula is C30H31ClN4O4S. The van der Waals surface area contributed by atoms with E-state index in [9.17, 15) is 13.2 Å². The normalized spacial score (nSPS) is 11.6. The number of anilines is 1. The van der Waals surface area contributed by atoms with Crippen molar-refractivity contribution in [1.82, 2.24) is 9.99 Å². The zero-order chi connectivity index (χ0) is 29.0. The molecule has 0 spiro atoms. The lowest BCUT2D eigenvalue weighted by atomic mass is 10.2. The van der Waals surface area contributed by atoms with Gasteiger partial charge in [-0.25, -0.2) is 13.8 Å². The van der Waals surface area contributed by atoms with E-state index in [0.717, 1.165) is 38.1 Å². The molecule has 0 unspecified atom stereocenters. The number of methoxy groups -OCH3 is 1. The maximum absolute atomic E-state index is 13.7. The highest BCUT2D eigenvalue weighted by Crippen LogP contribution is 2.34.